The molecule has 5 nitrogen and oxygen atoms in total. The number of hydrogen-bond acceptors (Lipinski definition) is 7. The molecule has 0 unspecified atom stereocenters. The number of esters is 1. The third-order valence-electron chi connectivity index (χ3n) is 4.43. The molecule has 1 aromatic heterocycles. The summed E-state index contributed by atoms with van der Waals surface area (Å²) >= 11 is 3.92. The Morgan fingerprint density at radius 3 is 2.64 bits per heavy atom. The van der Waals surface area contributed by atoms with Gasteiger partial charge >= 0.3 is 5.97 Å². The molecule has 0 saturated carbocycles. The van der Waals surface area contributed by atoms with E-state index in [0.29, 0.717) is 16.0 Å². The monoisotopic (exact) mass is 412 g/mol. The summed E-state index contributed by atoms with van der Waals surface area (Å²) in [4.78, 5) is 16.6. The zero-order valence-electron chi connectivity index (χ0n) is 15.5. The maximum Gasteiger partial charge on any atom is 0.338 e. The first-order valence-electron chi connectivity index (χ1n) is 9.09. The van der Waals surface area contributed by atoms with Crippen molar-refractivity contribution in [3.8, 4) is 11.4 Å². The topological polar surface area (TPSA) is 65.2 Å². The van der Waals surface area contributed by atoms with Gasteiger partial charge in [-0.2, -0.15) is 4.98 Å². The lowest BCUT2D eigenvalue weighted by Gasteiger charge is -2.21. The fraction of sp³-hybridized carbons (Fsp3) is 0.286. The number of rotatable bonds is 5. The molecule has 0 bridgehead atoms. The molecule has 0 atom stereocenters. The van der Waals surface area contributed by atoms with Gasteiger partial charge in [-0.25, -0.2) is 4.79 Å². The number of aromatic nitrogens is 2. The Kier molecular flexibility index (Phi) is 6.02. The summed E-state index contributed by atoms with van der Waals surface area (Å²) in [6.45, 7) is 1.94. The van der Waals surface area contributed by atoms with Crippen molar-refractivity contribution in [1.29, 1.82) is 0 Å². The van der Waals surface area contributed by atoms with E-state index in [0.717, 1.165) is 11.1 Å². The number of benzene rings is 2. The summed E-state index contributed by atoms with van der Waals surface area (Å²) in [6, 6.07) is 15.5. The van der Waals surface area contributed by atoms with Crippen LogP contribution in [-0.2, 0) is 11.3 Å². The molecule has 0 radical (unpaired) electrons. The molecule has 2 aromatic carbocycles. The number of aryl methyl sites for hydroxylation is 1. The molecule has 1 saturated heterocycles. The van der Waals surface area contributed by atoms with Gasteiger partial charge in [0.25, 0.3) is 5.89 Å². The van der Waals surface area contributed by atoms with E-state index in [1.807, 2.05) is 79.0 Å². The molecule has 7 heteroatoms. The zero-order chi connectivity index (χ0) is 19.3. The fourth-order valence-corrected chi connectivity index (χ4v) is 5.81. The van der Waals surface area contributed by atoms with E-state index in [9.17, 15) is 4.79 Å². The molecular weight excluding hydrogens is 392 g/mol. The second-order valence-corrected chi connectivity index (χ2v) is 9.18. The van der Waals surface area contributed by atoms with E-state index in [1.54, 1.807) is 0 Å². The summed E-state index contributed by atoms with van der Waals surface area (Å²) in [5.41, 5.74) is 3.72. The highest BCUT2D eigenvalue weighted by molar-refractivity contribution is 8.16. The van der Waals surface area contributed by atoms with Crippen LogP contribution in [0.1, 0.15) is 38.4 Å². The first-order valence-corrected chi connectivity index (χ1v) is 11.2. The number of hydrogen-bond donors (Lipinski definition) is 0. The van der Waals surface area contributed by atoms with E-state index in [2.05, 4.69) is 10.1 Å². The molecule has 0 aliphatic carbocycles. The molecule has 3 aromatic rings. The average molecular weight is 413 g/mol. The molecule has 2 heterocycles. The lowest BCUT2D eigenvalue weighted by atomic mass is 10.1. The van der Waals surface area contributed by atoms with E-state index in [-0.39, 0.29) is 12.5 Å². The second-order valence-electron chi connectivity index (χ2n) is 6.45. The predicted octanol–water partition coefficient (Wildman–Crippen LogP) is 5.27. The Hall–Kier alpha value is -2.25. The van der Waals surface area contributed by atoms with Crippen molar-refractivity contribution in [2.75, 3.05) is 11.5 Å². The van der Waals surface area contributed by atoms with Gasteiger partial charge in [0.15, 0.2) is 6.61 Å². The van der Waals surface area contributed by atoms with E-state index in [1.165, 1.54) is 23.5 Å². The van der Waals surface area contributed by atoms with Crippen molar-refractivity contribution in [1.82, 2.24) is 10.1 Å². The van der Waals surface area contributed by atoms with Gasteiger partial charge in [0.05, 0.1) is 10.1 Å². The first kappa shape index (κ1) is 19.1. The summed E-state index contributed by atoms with van der Waals surface area (Å²) < 4.78 is 11.0. The van der Waals surface area contributed by atoms with Crippen LogP contribution in [0.3, 0.4) is 0 Å². The van der Waals surface area contributed by atoms with E-state index in [4.69, 9.17) is 9.26 Å². The Balaban J connectivity index is 1.36. The van der Waals surface area contributed by atoms with Crippen LogP contribution in [0.4, 0.5) is 0 Å². The fourth-order valence-electron chi connectivity index (χ4n) is 2.91. The third kappa shape index (κ3) is 4.42. The van der Waals surface area contributed by atoms with Crippen LogP contribution >= 0.6 is 23.5 Å². The quantitative estimate of drug-likeness (QED) is 0.529. The van der Waals surface area contributed by atoms with Crippen LogP contribution < -0.4 is 0 Å². The molecular formula is C21H20N2O3S2. The minimum absolute atomic E-state index is 0.0478. The van der Waals surface area contributed by atoms with Crippen LogP contribution in [0.15, 0.2) is 53.1 Å². The van der Waals surface area contributed by atoms with Gasteiger partial charge in [0.1, 0.15) is 0 Å². The third-order valence-corrected chi connectivity index (χ3v) is 7.44. The molecule has 0 spiro atoms. The van der Waals surface area contributed by atoms with Crippen LogP contribution in [0.25, 0.3) is 11.4 Å². The van der Waals surface area contributed by atoms with Crippen molar-refractivity contribution in [2.24, 2.45) is 0 Å². The van der Waals surface area contributed by atoms with Gasteiger partial charge in [-0.05, 0) is 48.1 Å². The summed E-state index contributed by atoms with van der Waals surface area (Å²) in [5, 5.41) is 3.98. The van der Waals surface area contributed by atoms with E-state index >= 15 is 0 Å². The van der Waals surface area contributed by atoms with Crippen LogP contribution in [0.5, 0.6) is 0 Å². The molecule has 144 valence electrons. The SMILES string of the molecule is Cc1ccccc1-c1noc(COC(=O)c2ccc(C3SCCCS3)cc2)n1. The summed E-state index contributed by atoms with van der Waals surface area (Å²) in [6.07, 6.45) is 1.26. The average Bonchev–Trinajstić information content (AvgIpc) is 3.22. The van der Waals surface area contributed by atoms with Gasteiger partial charge in [-0.1, -0.05) is 41.6 Å². The second kappa shape index (κ2) is 8.84. The van der Waals surface area contributed by atoms with Crippen molar-refractivity contribution in [3.05, 3.63) is 71.1 Å². The molecule has 0 N–H and O–H groups in total. The Labute approximate surface area is 172 Å². The highest BCUT2D eigenvalue weighted by Crippen LogP contribution is 2.43. The zero-order valence-corrected chi connectivity index (χ0v) is 17.1. The minimum Gasteiger partial charge on any atom is -0.452 e. The number of ether oxygens (including phenoxy) is 1. The maximum absolute atomic E-state index is 12.3. The van der Waals surface area contributed by atoms with Crippen LogP contribution in [-0.4, -0.2) is 27.6 Å². The normalized spacial score (nSPS) is 14.8. The van der Waals surface area contributed by atoms with Crippen molar-refractivity contribution < 1.29 is 14.1 Å². The molecule has 4 rings (SSSR count). The van der Waals surface area contributed by atoms with Gasteiger partial charge in [-0.3, -0.25) is 0 Å². The van der Waals surface area contributed by atoms with Crippen molar-refractivity contribution >= 4 is 29.5 Å². The number of carbonyl (C=O) groups excluding carboxylic acids is 1. The largest absolute Gasteiger partial charge is 0.452 e. The molecule has 28 heavy (non-hydrogen) atoms. The van der Waals surface area contributed by atoms with Crippen molar-refractivity contribution in [2.45, 2.75) is 24.5 Å². The van der Waals surface area contributed by atoms with Gasteiger partial charge < -0.3 is 9.26 Å². The van der Waals surface area contributed by atoms with Crippen molar-refractivity contribution in [3.63, 3.8) is 0 Å². The highest BCUT2D eigenvalue weighted by atomic mass is 32.2. The van der Waals surface area contributed by atoms with Gasteiger partial charge in [0.2, 0.25) is 5.82 Å². The van der Waals surface area contributed by atoms with Crippen LogP contribution in [0.2, 0.25) is 0 Å². The number of carbonyl (C=O) groups is 1. The lowest BCUT2D eigenvalue weighted by Crippen LogP contribution is -2.06. The maximum atomic E-state index is 12.3. The van der Waals surface area contributed by atoms with Gasteiger partial charge in [-0.15, -0.1) is 23.5 Å². The van der Waals surface area contributed by atoms with E-state index < -0.39 is 5.97 Å². The Morgan fingerprint density at radius 1 is 1.14 bits per heavy atom. The first-order chi connectivity index (χ1) is 13.7. The molecule has 1 aliphatic rings. The Morgan fingerprint density at radius 2 is 1.89 bits per heavy atom. The molecule has 1 fully saturated rings. The summed E-state index contributed by atoms with van der Waals surface area (Å²) in [7, 11) is 0. The number of nitrogens with zero attached hydrogens (tertiary/aromatic N) is 2. The Bertz CT molecular complexity index is 950. The molecule has 0 amide bonds. The lowest BCUT2D eigenvalue weighted by molar-refractivity contribution is 0.0430. The van der Waals surface area contributed by atoms with Gasteiger partial charge in [0, 0.05) is 5.56 Å². The number of thioether (sulfide) groups is 2. The highest BCUT2D eigenvalue weighted by Gasteiger charge is 2.18. The molecule has 1 aliphatic heterocycles. The minimum atomic E-state index is -0.397. The van der Waals surface area contributed by atoms with Crippen LogP contribution in [0, 0.1) is 6.92 Å². The summed E-state index contributed by atoms with van der Waals surface area (Å²) in [5.74, 6) is 2.76. The standard InChI is InChI=1S/C21H20N2O3S2/c1-14-5-2-3-6-17(14)19-22-18(26-23-19)13-25-20(24)15-7-9-16(10-8-15)21-27-11-4-12-28-21/h2-3,5-10,21H,4,11-13H2,1H3. The smallest absolute Gasteiger partial charge is 0.338 e. The predicted molar refractivity (Wildman–Crippen MR) is 112 cm³/mol.